The molecule has 1 aliphatic rings. The SMILES string of the molecule is CC(CCC=O)[N-]c1cc(N2CCNCC2)c(F)cc1C=O.CNC=O.[K+]. The first-order valence-corrected chi connectivity index (χ1v) is 8.57. The summed E-state index contributed by atoms with van der Waals surface area (Å²) in [6.45, 7) is 4.93. The second kappa shape index (κ2) is 15.1. The molecule has 1 saturated heterocycles. The molecule has 0 bridgehead atoms. The van der Waals surface area contributed by atoms with E-state index in [0.29, 0.717) is 36.9 Å². The van der Waals surface area contributed by atoms with Crippen molar-refractivity contribution in [2.24, 2.45) is 0 Å². The van der Waals surface area contributed by atoms with Gasteiger partial charge in [0.15, 0.2) is 0 Å². The molecule has 0 aromatic heterocycles. The number of hydrogen-bond donors (Lipinski definition) is 2. The summed E-state index contributed by atoms with van der Waals surface area (Å²) in [4.78, 5) is 32.6. The van der Waals surface area contributed by atoms with E-state index in [2.05, 4.69) is 16.0 Å². The number of anilines is 1. The van der Waals surface area contributed by atoms with Crippen LogP contribution in [0.4, 0.5) is 15.8 Å². The zero-order chi connectivity index (χ0) is 19.4. The van der Waals surface area contributed by atoms with Gasteiger partial charge in [0.1, 0.15) is 18.4 Å². The molecule has 2 N–H and O–H groups in total. The van der Waals surface area contributed by atoms with Crippen molar-refractivity contribution in [1.82, 2.24) is 10.6 Å². The van der Waals surface area contributed by atoms with E-state index in [1.165, 1.54) is 6.07 Å². The van der Waals surface area contributed by atoms with Crippen LogP contribution >= 0.6 is 0 Å². The Morgan fingerprint density at radius 1 is 1.30 bits per heavy atom. The number of halogens is 1. The number of piperazine rings is 1. The molecule has 0 spiro atoms. The van der Waals surface area contributed by atoms with Gasteiger partial charge in [-0.25, -0.2) is 4.39 Å². The van der Waals surface area contributed by atoms with E-state index in [1.54, 1.807) is 13.1 Å². The number of nitrogens with one attached hydrogen (secondary N) is 2. The van der Waals surface area contributed by atoms with Gasteiger partial charge in [0.25, 0.3) is 0 Å². The predicted molar refractivity (Wildman–Crippen MR) is 99.8 cm³/mol. The van der Waals surface area contributed by atoms with Gasteiger partial charge in [-0.2, -0.15) is 0 Å². The molecule has 1 atom stereocenters. The van der Waals surface area contributed by atoms with Gasteiger partial charge in [0, 0.05) is 45.2 Å². The van der Waals surface area contributed by atoms with E-state index in [4.69, 9.17) is 4.79 Å². The van der Waals surface area contributed by atoms with Gasteiger partial charge in [0.05, 0.1) is 5.69 Å². The minimum atomic E-state index is -0.400. The van der Waals surface area contributed by atoms with Gasteiger partial charge in [-0.15, -0.1) is 11.7 Å². The Bertz CT molecular complexity index is 598. The van der Waals surface area contributed by atoms with Gasteiger partial charge >= 0.3 is 51.4 Å². The van der Waals surface area contributed by atoms with Gasteiger partial charge in [-0.3, -0.25) is 9.59 Å². The van der Waals surface area contributed by atoms with E-state index < -0.39 is 5.82 Å². The smallest absolute Gasteiger partial charge is 0.681 e. The molecular weight excluding hydrogens is 378 g/mol. The first-order chi connectivity index (χ1) is 12.6. The Balaban J connectivity index is 0.00000123. The van der Waals surface area contributed by atoms with Crippen LogP contribution in [-0.4, -0.2) is 58.3 Å². The van der Waals surface area contributed by atoms with Crippen molar-refractivity contribution in [1.29, 1.82) is 0 Å². The summed E-state index contributed by atoms with van der Waals surface area (Å²) in [5.74, 6) is -0.400. The fourth-order valence-electron chi connectivity index (χ4n) is 2.53. The fraction of sp³-hybridized carbons (Fsp3) is 0.500. The second-order valence-electron chi connectivity index (χ2n) is 5.85. The van der Waals surface area contributed by atoms with E-state index in [9.17, 15) is 14.0 Å². The van der Waals surface area contributed by atoms with Crippen LogP contribution in [0.3, 0.4) is 0 Å². The van der Waals surface area contributed by atoms with Crippen LogP contribution < -0.4 is 66.9 Å². The van der Waals surface area contributed by atoms with Crippen molar-refractivity contribution in [3.63, 3.8) is 0 Å². The first kappa shape index (κ1) is 26.2. The van der Waals surface area contributed by atoms with Crippen molar-refractivity contribution in [2.45, 2.75) is 25.8 Å². The average molecular weight is 405 g/mol. The molecular formula is C18H26FKN4O3. The summed E-state index contributed by atoms with van der Waals surface area (Å²) in [7, 11) is 1.56. The zero-order valence-electron chi connectivity index (χ0n) is 16.2. The number of benzene rings is 1. The quantitative estimate of drug-likeness (QED) is 0.419. The van der Waals surface area contributed by atoms with Crippen LogP contribution in [0.15, 0.2) is 12.1 Å². The molecule has 0 radical (unpaired) electrons. The third kappa shape index (κ3) is 9.27. The summed E-state index contributed by atoms with van der Waals surface area (Å²) < 4.78 is 14.2. The van der Waals surface area contributed by atoms with Crippen molar-refractivity contribution >= 4 is 30.4 Å². The second-order valence-corrected chi connectivity index (χ2v) is 5.85. The van der Waals surface area contributed by atoms with Crippen LogP contribution in [0.25, 0.3) is 5.32 Å². The third-order valence-corrected chi connectivity index (χ3v) is 3.86. The number of carbonyl (C=O) groups is 3. The molecule has 1 aromatic carbocycles. The van der Waals surface area contributed by atoms with Crippen molar-refractivity contribution in [3.05, 3.63) is 28.8 Å². The summed E-state index contributed by atoms with van der Waals surface area (Å²) in [6.07, 6.45) is 3.13. The van der Waals surface area contributed by atoms with Crippen LogP contribution in [-0.2, 0) is 9.59 Å². The van der Waals surface area contributed by atoms with Crippen LogP contribution in [0.5, 0.6) is 0 Å². The van der Waals surface area contributed by atoms with E-state index in [-0.39, 0.29) is 63.0 Å². The van der Waals surface area contributed by atoms with E-state index in [1.807, 2.05) is 11.8 Å². The summed E-state index contributed by atoms with van der Waals surface area (Å²) >= 11 is 0. The molecule has 1 fully saturated rings. The minimum Gasteiger partial charge on any atom is -0.681 e. The van der Waals surface area contributed by atoms with Gasteiger partial charge in [-0.05, 0) is 6.07 Å². The maximum absolute atomic E-state index is 14.2. The Kier molecular flexibility index (Phi) is 14.6. The molecule has 1 aromatic rings. The normalized spacial score (nSPS) is 14.0. The van der Waals surface area contributed by atoms with Crippen molar-refractivity contribution in [3.8, 4) is 0 Å². The van der Waals surface area contributed by atoms with Crippen LogP contribution in [0, 0.1) is 5.82 Å². The van der Waals surface area contributed by atoms with Crippen molar-refractivity contribution in [2.75, 3.05) is 38.1 Å². The van der Waals surface area contributed by atoms with Crippen LogP contribution in [0.1, 0.15) is 30.1 Å². The molecule has 0 aliphatic carbocycles. The van der Waals surface area contributed by atoms with Crippen LogP contribution in [0.2, 0.25) is 0 Å². The maximum Gasteiger partial charge on any atom is 1.00 e. The molecule has 1 amide bonds. The molecule has 1 aliphatic heterocycles. The molecule has 0 saturated carbocycles. The first-order valence-electron chi connectivity index (χ1n) is 8.57. The Labute approximate surface area is 202 Å². The van der Waals surface area contributed by atoms with E-state index >= 15 is 0 Å². The summed E-state index contributed by atoms with van der Waals surface area (Å²) in [6, 6.07) is 2.79. The predicted octanol–water partition coefficient (Wildman–Crippen LogP) is -1.21. The monoisotopic (exact) mass is 404 g/mol. The fourth-order valence-corrected chi connectivity index (χ4v) is 2.53. The number of nitrogens with zero attached hydrogens (tertiary/aromatic N) is 2. The maximum atomic E-state index is 14.2. The number of amides is 1. The number of rotatable bonds is 8. The number of carbonyl (C=O) groups excluding carboxylic acids is 3. The minimum absolute atomic E-state index is 0. The third-order valence-electron chi connectivity index (χ3n) is 3.86. The molecule has 9 heteroatoms. The average Bonchev–Trinajstić information content (AvgIpc) is 2.68. The molecule has 2 rings (SSSR count). The zero-order valence-corrected chi connectivity index (χ0v) is 19.3. The molecule has 1 unspecified atom stereocenters. The van der Waals surface area contributed by atoms with E-state index in [0.717, 1.165) is 32.5 Å². The molecule has 7 nitrogen and oxygen atoms in total. The van der Waals surface area contributed by atoms with Gasteiger partial charge in [0.2, 0.25) is 6.41 Å². The van der Waals surface area contributed by atoms with Gasteiger partial charge in [-0.1, -0.05) is 19.4 Å². The molecule has 27 heavy (non-hydrogen) atoms. The summed E-state index contributed by atoms with van der Waals surface area (Å²) in [5, 5.41) is 9.93. The molecule has 1 heterocycles. The van der Waals surface area contributed by atoms with Crippen molar-refractivity contribution < 1.29 is 70.2 Å². The van der Waals surface area contributed by atoms with Gasteiger partial charge < -0.3 is 25.6 Å². The Morgan fingerprint density at radius 2 is 1.93 bits per heavy atom. The number of hydrogen-bond acceptors (Lipinski definition) is 5. The topological polar surface area (TPSA) is 92.6 Å². The summed E-state index contributed by atoms with van der Waals surface area (Å²) in [5.41, 5.74) is 1.21. The largest absolute Gasteiger partial charge is 1.00 e. The Morgan fingerprint density at radius 3 is 2.44 bits per heavy atom. The number of aldehydes is 2. The Hall–Kier alpha value is -0.844. The molecule has 144 valence electrons. The standard InChI is InChI=1S/C16H22FN3O2.C2H5NO.K/c1-12(3-2-8-21)19-15-10-16(14(17)9-13(15)11-22)20-6-4-18-5-7-20;1-3-2-4;/h8-12,18H,2-7H2,1H3,(H,19,22);2H,1H3,(H,3,4);/q;;+1/p-1.